The van der Waals surface area contributed by atoms with Crippen molar-refractivity contribution in [3.63, 3.8) is 0 Å². The molecule has 0 saturated heterocycles. The zero-order chi connectivity index (χ0) is 15.6. The van der Waals surface area contributed by atoms with Crippen molar-refractivity contribution in [3.05, 3.63) is 28.2 Å². The summed E-state index contributed by atoms with van der Waals surface area (Å²) in [6.07, 6.45) is 0. The molecule has 21 heavy (non-hydrogen) atoms. The van der Waals surface area contributed by atoms with Crippen molar-refractivity contribution in [1.82, 2.24) is 10.2 Å². The Morgan fingerprint density at radius 3 is 2.71 bits per heavy atom. The summed E-state index contributed by atoms with van der Waals surface area (Å²) in [6, 6.07) is 5.25. The second-order valence-electron chi connectivity index (χ2n) is 4.12. The highest BCUT2D eigenvalue weighted by Gasteiger charge is 2.21. The number of aryl methyl sites for hydroxylation is 1. The van der Waals surface area contributed by atoms with Gasteiger partial charge in [-0.3, -0.25) is 9.52 Å². The standard InChI is InChI=1S/C11H11BrN4O3S2/c1-6-3-4-8(12)5-9(6)16-21(18,19)11-15-14-10(20-11)13-7(2)17/h3-5,16H,1-2H3,(H,13,14,17). The summed E-state index contributed by atoms with van der Waals surface area (Å²) in [5.74, 6) is -0.342. The number of carbonyl (C=O) groups excluding carboxylic acids is 1. The number of hydrogen-bond donors (Lipinski definition) is 2. The average Bonchev–Trinajstić information content (AvgIpc) is 2.82. The maximum Gasteiger partial charge on any atom is 0.291 e. The number of aromatic nitrogens is 2. The van der Waals surface area contributed by atoms with Gasteiger partial charge in [0.05, 0.1) is 5.69 Å². The van der Waals surface area contributed by atoms with Gasteiger partial charge >= 0.3 is 0 Å². The highest BCUT2D eigenvalue weighted by atomic mass is 79.9. The number of rotatable bonds is 4. The van der Waals surface area contributed by atoms with Gasteiger partial charge in [-0.1, -0.05) is 33.3 Å². The van der Waals surface area contributed by atoms with Crippen LogP contribution < -0.4 is 10.0 Å². The van der Waals surface area contributed by atoms with Gasteiger partial charge < -0.3 is 5.32 Å². The Morgan fingerprint density at radius 2 is 2.05 bits per heavy atom. The number of nitrogens with zero attached hydrogens (tertiary/aromatic N) is 2. The van der Waals surface area contributed by atoms with Crippen molar-refractivity contribution < 1.29 is 13.2 Å². The van der Waals surface area contributed by atoms with Crippen molar-refractivity contribution in [2.75, 3.05) is 10.0 Å². The van der Waals surface area contributed by atoms with E-state index in [1.54, 1.807) is 19.1 Å². The fourth-order valence-electron chi connectivity index (χ4n) is 1.41. The summed E-state index contributed by atoms with van der Waals surface area (Å²) in [6.45, 7) is 3.09. The first-order valence-corrected chi connectivity index (χ1v) is 8.77. The lowest BCUT2D eigenvalue weighted by atomic mass is 10.2. The van der Waals surface area contributed by atoms with Crippen LogP contribution in [-0.4, -0.2) is 24.5 Å². The van der Waals surface area contributed by atoms with E-state index in [0.717, 1.165) is 21.4 Å². The smallest absolute Gasteiger partial charge is 0.291 e. The Labute approximate surface area is 134 Å². The van der Waals surface area contributed by atoms with Gasteiger partial charge in [0.15, 0.2) is 0 Å². The molecule has 0 unspecified atom stereocenters. The summed E-state index contributed by atoms with van der Waals surface area (Å²) in [5, 5.41) is 9.71. The highest BCUT2D eigenvalue weighted by molar-refractivity contribution is 9.10. The predicted octanol–water partition coefficient (Wildman–Crippen LogP) is 2.37. The number of halogens is 1. The zero-order valence-electron chi connectivity index (χ0n) is 11.0. The lowest BCUT2D eigenvalue weighted by Gasteiger charge is -2.08. The number of sulfonamides is 1. The third kappa shape index (κ3) is 3.99. The average molecular weight is 391 g/mol. The molecule has 0 radical (unpaired) electrons. The second-order valence-corrected chi connectivity index (χ2v) is 7.87. The van der Waals surface area contributed by atoms with Gasteiger partial charge in [-0.15, -0.1) is 10.2 Å². The van der Waals surface area contributed by atoms with Crippen LogP contribution in [0.1, 0.15) is 12.5 Å². The number of benzene rings is 1. The zero-order valence-corrected chi connectivity index (χ0v) is 14.3. The third-order valence-electron chi connectivity index (χ3n) is 2.36. The molecule has 0 atom stereocenters. The second kappa shape index (κ2) is 6.08. The van der Waals surface area contributed by atoms with Crippen molar-refractivity contribution in [2.24, 2.45) is 0 Å². The number of carbonyl (C=O) groups is 1. The molecule has 0 aliphatic heterocycles. The van der Waals surface area contributed by atoms with Crippen LogP contribution in [0.15, 0.2) is 27.0 Å². The molecule has 0 aliphatic rings. The summed E-state index contributed by atoms with van der Waals surface area (Å²) < 4.78 is 27.4. The minimum absolute atomic E-state index is 0.133. The van der Waals surface area contributed by atoms with Crippen LogP contribution >= 0.6 is 27.3 Å². The van der Waals surface area contributed by atoms with Gasteiger partial charge in [-0.25, -0.2) is 0 Å². The summed E-state index contributed by atoms with van der Waals surface area (Å²) in [5.41, 5.74) is 1.22. The van der Waals surface area contributed by atoms with Crippen molar-refractivity contribution in [1.29, 1.82) is 0 Å². The molecule has 0 aliphatic carbocycles. The van der Waals surface area contributed by atoms with E-state index in [4.69, 9.17) is 0 Å². The number of anilines is 2. The molecule has 2 N–H and O–H groups in total. The van der Waals surface area contributed by atoms with Crippen molar-refractivity contribution in [3.8, 4) is 0 Å². The Balaban J connectivity index is 2.28. The fourth-order valence-corrected chi connectivity index (χ4v) is 3.84. The molecule has 10 heteroatoms. The van der Waals surface area contributed by atoms with Gasteiger partial charge in [0.2, 0.25) is 11.0 Å². The Hall–Kier alpha value is -1.52. The molecule has 7 nitrogen and oxygen atoms in total. The van der Waals surface area contributed by atoms with Crippen LogP contribution in [0.3, 0.4) is 0 Å². The summed E-state index contributed by atoms with van der Waals surface area (Å²) >= 11 is 4.06. The van der Waals surface area contributed by atoms with Gasteiger partial charge in [-0.2, -0.15) is 8.42 Å². The van der Waals surface area contributed by atoms with Crippen molar-refractivity contribution in [2.45, 2.75) is 18.2 Å². The molecular formula is C11H11BrN4O3S2. The van der Waals surface area contributed by atoms with Crippen molar-refractivity contribution >= 4 is 54.0 Å². The number of amides is 1. The molecule has 112 valence electrons. The Morgan fingerprint density at radius 1 is 1.33 bits per heavy atom. The lowest BCUT2D eigenvalue weighted by molar-refractivity contribution is -0.114. The first-order valence-electron chi connectivity index (χ1n) is 5.68. The molecule has 1 aromatic carbocycles. The minimum Gasteiger partial charge on any atom is -0.301 e. The monoisotopic (exact) mass is 390 g/mol. The van der Waals surface area contributed by atoms with E-state index in [2.05, 4.69) is 36.2 Å². The normalized spacial score (nSPS) is 11.2. The van der Waals surface area contributed by atoms with E-state index in [1.807, 2.05) is 6.07 Å². The third-order valence-corrected chi connectivity index (χ3v) is 5.43. The molecule has 1 heterocycles. The SMILES string of the molecule is CC(=O)Nc1nnc(S(=O)(=O)Nc2cc(Br)ccc2C)s1. The molecule has 1 aromatic heterocycles. The van der Waals surface area contributed by atoms with E-state index in [9.17, 15) is 13.2 Å². The molecule has 2 aromatic rings. The molecule has 0 spiro atoms. The van der Waals surface area contributed by atoms with Crippen LogP contribution in [0, 0.1) is 6.92 Å². The Bertz CT molecular complexity index is 789. The maximum absolute atomic E-state index is 12.2. The predicted molar refractivity (Wildman–Crippen MR) is 83.9 cm³/mol. The fraction of sp³-hybridized carbons (Fsp3) is 0.182. The van der Waals surface area contributed by atoms with Gasteiger partial charge in [0.25, 0.3) is 14.4 Å². The van der Waals surface area contributed by atoms with E-state index in [0.29, 0.717) is 5.69 Å². The van der Waals surface area contributed by atoms with Gasteiger partial charge in [0, 0.05) is 11.4 Å². The van der Waals surface area contributed by atoms with Gasteiger partial charge in [0.1, 0.15) is 0 Å². The lowest BCUT2D eigenvalue weighted by Crippen LogP contribution is -2.13. The largest absolute Gasteiger partial charge is 0.301 e. The Kier molecular flexibility index (Phi) is 4.59. The van der Waals surface area contributed by atoms with Crippen LogP contribution in [0.25, 0.3) is 0 Å². The quantitative estimate of drug-likeness (QED) is 0.780. The van der Waals surface area contributed by atoms with Crippen LogP contribution in [0.2, 0.25) is 0 Å². The molecule has 0 saturated carbocycles. The number of hydrogen-bond acceptors (Lipinski definition) is 6. The summed E-state index contributed by atoms with van der Waals surface area (Å²) in [7, 11) is -3.84. The van der Waals surface area contributed by atoms with Gasteiger partial charge in [-0.05, 0) is 24.6 Å². The van der Waals surface area contributed by atoms with E-state index < -0.39 is 10.0 Å². The topological polar surface area (TPSA) is 101 Å². The van der Waals surface area contributed by atoms with E-state index in [1.165, 1.54) is 6.92 Å². The first kappa shape index (κ1) is 15.9. The first-order chi connectivity index (χ1) is 9.78. The minimum atomic E-state index is -3.84. The number of nitrogens with one attached hydrogen (secondary N) is 2. The molecular weight excluding hydrogens is 380 g/mol. The van der Waals surface area contributed by atoms with E-state index >= 15 is 0 Å². The van der Waals surface area contributed by atoms with Crippen LogP contribution in [0.4, 0.5) is 10.8 Å². The van der Waals surface area contributed by atoms with E-state index in [-0.39, 0.29) is 15.4 Å². The maximum atomic E-state index is 12.2. The molecule has 2 rings (SSSR count). The molecule has 1 amide bonds. The highest BCUT2D eigenvalue weighted by Crippen LogP contribution is 2.26. The molecule has 0 fully saturated rings. The molecule has 0 bridgehead atoms. The summed E-state index contributed by atoms with van der Waals surface area (Å²) in [4.78, 5) is 10.9. The van der Waals surface area contributed by atoms with Crippen LogP contribution in [-0.2, 0) is 14.8 Å². The van der Waals surface area contributed by atoms with Crippen LogP contribution in [0.5, 0.6) is 0 Å².